The number of methoxy groups -OCH3 is 2. The Morgan fingerprint density at radius 2 is 1.78 bits per heavy atom. The molecule has 0 amide bonds. The molecule has 2 unspecified atom stereocenters. The molecule has 316 valence electrons. The van der Waals surface area contributed by atoms with Gasteiger partial charge < -0.3 is 49.1 Å². The first-order chi connectivity index (χ1) is 28.5. The average molecular weight is 832 g/mol. The molecule has 7 atom stereocenters. The number of aliphatic hydroxyl groups is 1. The summed E-state index contributed by atoms with van der Waals surface area (Å²) in [6, 6.07) is 3.02. The summed E-state index contributed by atoms with van der Waals surface area (Å²) in [6.45, 7) is 6.11. The lowest BCUT2D eigenvalue weighted by Crippen LogP contribution is -2.69. The predicted octanol–water partition coefficient (Wildman–Crippen LogP) is 5.41. The maximum absolute atomic E-state index is 14.8. The molecule has 2 saturated heterocycles. The molecular formula is C44H53N3O11S. The fourth-order valence-electron chi connectivity index (χ4n) is 10.5. The standard InChI is InChI=1S/C44H53N3O11S/c1-6-7-8-9-10-11-30(49)58-38-22(3)39-40(57-20-56-39)32-27-18-55-43(52)44(25-17-29(53-4)28(48)16-23(25)12-13-45-44)19-59-41(33(32)38)35-34-31-24(14-21(2)37(54-5)36(31)50)15-26(46-34)42(51)47(27)35/h14,16-17,26-27,34-35,41-42,45-46,48,50-51H,6-13,15,18-20H2,1-5H3/t26?,27-,34+,35?,41+,42-,44+/m0/s1. The fraction of sp³-hybridized carbons (Fsp3) is 0.545. The van der Waals surface area contributed by atoms with E-state index < -0.39 is 47.2 Å². The number of thioether (sulfide) groups is 1. The first-order valence-electron chi connectivity index (χ1n) is 20.7. The summed E-state index contributed by atoms with van der Waals surface area (Å²) >= 11 is 1.48. The number of esters is 2. The molecule has 0 aromatic heterocycles. The van der Waals surface area contributed by atoms with E-state index >= 15 is 0 Å². The molecule has 5 N–H and O–H groups in total. The molecule has 7 aliphatic rings. The molecule has 2 fully saturated rings. The number of fused-ring (bicyclic) bond motifs is 9. The van der Waals surface area contributed by atoms with Crippen LogP contribution in [0.1, 0.15) is 107 Å². The molecule has 7 aliphatic heterocycles. The van der Waals surface area contributed by atoms with E-state index in [9.17, 15) is 24.9 Å². The summed E-state index contributed by atoms with van der Waals surface area (Å²) in [5.74, 6) is 1.18. The second kappa shape index (κ2) is 15.6. The van der Waals surface area contributed by atoms with Gasteiger partial charge in [-0.15, -0.1) is 11.8 Å². The number of carbonyl (C=O) groups excluding carboxylic acids is 2. The van der Waals surface area contributed by atoms with Gasteiger partial charge in [-0.2, -0.15) is 0 Å². The van der Waals surface area contributed by atoms with Crippen molar-refractivity contribution in [2.45, 2.75) is 113 Å². The van der Waals surface area contributed by atoms with Gasteiger partial charge in [0.25, 0.3) is 0 Å². The fourth-order valence-corrected chi connectivity index (χ4v) is 12.2. The molecule has 3 aromatic rings. The SMILES string of the molecule is CCCCCCCC(=O)Oc1c(C)c2c(c3c1[C@H]1SC[C@]4(NCCc5cc(O)c(OC)cc54)C(=O)OC[C@@H]3N3C1[C@@H]1NC(Cc4cc(C)c(OC)c(O)c41)[C@@H]3O)OCO2. The highest BCUT2D eigenvalue weighted by molar-refractivity contribution is 7.99. The Kier molecular flexibility index (Phi) is 10.6. The van der Waals surface area contributed by atoms with Gasteiger partial charge in [-0.25, -0.2) is 4.79 Å². The zero-order chi connectivity index (χ0) is 41.3. The third kappa shape index (κ3) is 6.29. The van der Waals surface area contributed by atoms with Crippen LogP contribution in [0.5, 0.6) is 40.2 Å². The number of rotatable bonds is 9. The van der Waals surface area contributed by atoms with Gasteiger partial charge >= 0.3 is 11.9 Å². The van der Waals surface area contributed by atoms with Crippen molar-refractivity contribution < 1.29 is 53.3 Å². The monoisotopic (exact) mass is 831 g/mol. The molecule has 7 heterocycles. The lowest BCUT2D eigenvalue weighted by molar-refractivity contribution is -0.164. The van der Waals surface area contributed by atoms with Crippen molar-refractivity contribution in [3.05, 3.63) is 62.7 Å². The van der Waals surface area contributed by atoms with Crippen LogP contribution in [0.3, 0.4) is 0 Å². The van der Waals surface area contributed by atoms with Gasteiger partial charge in [0.15, 0.2) is 40.0 Å². The molecule has 0 aliphatic carbocycles. The van der Waals surface area contributed by atoms with Crippen molar-refractivity contribution in [2.24, 2.45) is 0 Å². The second-order valence-corrected chi connectivity index (χ2v) is 17.7. The Labute approximate surface area is 347 Å². The summed E-state index contributed by atoms with van der Waals surface area (Å²) in [7, 11) is 3.01. The van der Waals surface area contributed by atoms with Gasteiger partial charge in [-0.05, 0) is 67.5 Å². The van der Waals surface area contributed by atoms with E-state index in [1.807, 2.05) is 24.8 Å². The van der Waals surface area contributed by atoms with Gasteiger partial charge in [0, 0.05) is 47.0 Å². The zero-order valence-electron chi connectivity index (χ0n) is 34.1. The first-order valence-corrected chi connectivity index (χ1v) is 21.8. The van der Waals surface area contributed by atoms with Crippen molar-refractivity contribution in [1.82, 2.24) is 15.5 Å². The number of benzene rings is 3. The van der Waals surface area contributed by atoms with Gasteiger partial charge in [0.05, 0.1) is 37.6 Å². The van der Waals surface area contributed by atoms with Crippen LogP contribution in [0, 0.1) is 13.8 Å². The lowest BCUT2D eigenvalue weighted by Gasteiger charge is -2.59. The topological polar surface area (TPSA) is 178 Å². The smallest absolute Gasteiger partial charge is 0.331 e. The number of ether oxygens (including phenoxy) is 6. The van der Waals surface area contributed by atoms with Crippen molar-refractivity contribution >= 4 is 23.7 Å². The minimum Gasteiger partial charge on any atom is -0.504 e. The van der Waals surface area contributed by atoms with E-state index in [0.717, 1.165) is 42.4 Å². The molecule has 4 bridgehead atoms. The molecule has 10 rings (SSSR count). The molecule has 15 heteroatoms. The minimum absolute atomic E-state index is 0.0190. The van der Waals surface area contributed by atoms with Crippen LogP contribution in [-0.2, 0) is 32.7 Å². The highest BCUT2D eigenvalue weighted by Gasteiger charge is 2.60. The molecule has 1 spiro atoms. The minimum atomic E-state index is -1.36. The van der Waals surface area contributed by atoms with E-state index in [0.29, 0.717) is 76.6 Å². The Hall–Kier alpha value is -4.41. The predicted molar refractivity (Wildman–Crippen MR) is 218 cm³/mol. The van der Waals surface area contributed by atoms with E-state index in [4.69, 9.17) is 28.4 Å². The number of hydrogen-bond donors (Lipinski definition) is 5. The summed E-state index contributed by atoms with van der Waals surface area (Å²) in [4.78, 5) is 30.7. The highest BCUT2D eigenvalue weighted by atomic mass is 32.2. The Balaban J connectivity index is 1.25. The number of aromatic hydroxyl groups is 2. The maximum Gasteiger partial charge on any atom is 0.331 e. The number of phenols is 2. The summed E-state index contributed by atoms with van der Waals surface area (Å²) in [5.41, 5.74) is 4.39. The van der Waals surface area contributed by atoms with Crippen LogP contribution in [0.2, 0.25) is 0 Å². The number of nitrogens with one attached hydrogen (secondary N) is 2. The third-order valence-electron chi connectivity index (χ3n) is 13.2. The summed E-state index contributed by atoms with van der Waals surface area (Å²) in [6.07, 6.45) is 5.03. The number of phenolic OH excluding ortho intramolecular Hbond substituents is 2. The van der Waals surface area contributed by atoms with E-state index in [2.05, 4.69) is 17.6 Å². The van der Waals surface area contributed by atoms with Crippen LogP contribution in [0.15, 0.2) is 18.2 Å². The number of piperazine rings is 1. The number of nitrogens with zero attached hydrogens (tertiary/aromatic N) is 1. The van der Waals surface area contributed by atoms with Crippen LogP contribution >= 0.6 is 11.8 Å². The normalized spacial score (nSPS) is 27.6. The second-order valence-electron chi connectivity index (χ2n) is 16.5. The molecule has 3 aromatic carbocycles. The van der Waals surface area contributed by atoms with E-state index in [-0.39, 0.29) is 48.8 Å². The van der Waals surface area contributed by atoms with Crippen LogP contribution in [0.25, 0.3) is 0 Å². The molecule has 59 heavy (non-hydrogen) atoms. The van der Waals surface area contributed by atoms with Crippen molar-refractivity contribution in [1.29, 1.82) is 0 Å². The number of hydrogen-bond acceptors (Lipinski definition) is 15. The maximum atomic E-state index is 14.8. The zero-order valence-corrected chi connectivity index (χ0v) is 35.0. The molecule has 14 nitrogen and oxygen atoms in total. The lowest BCUT2D eigenvalue weighted by atomic mass is 9.74. The molecule has 0 saturated carbocycles. The molecule has 0 radical (unpaired) electrons. The van der Waals surface area contributed by atoms with E-state index in [1.165, 1.54) is 26.0 Å². The Bertz CT molecular complexity index is 2200. The van der Waals surface area contributed by atoms with Gasteiger partial charge in [-0.3, -0.25) is 15.0 Å². The number of aliphatic hydroxyl groups excluding tert-OH is 1. The van der Waals surface area contributed by atoms with Crippen molar-refractivity contribution in [3.8, 4) is 40.2 Å². The van der Waals surface area contributed by atoms with E-state index in [1.54, 1.807) is 12.1 Å². The Morgan fingerprint density at radius 1 is 0.983 bits per heavy atom. The first kappa shape index (κ1) is 40.0. The highest BCUT2D eigenvalue weighted by Crippen LogP contribution is 2.63. The Morgan fingerprint density at radius 3 is 2.56 bits per heavy atom. The van der Waals surface area contributed by atoms with Crippen molar-refractivity contribution in [2.75, 3.05) is 39.9 Å². The number of carbonyl (C=O) groups is 2. The van der Waals surface area contributed by atoms with Crippen LogP contribution < -0.4 is 34.3 Å². The van der Waals surface area contributed by atoms with Crippen LogP contribution in [0.4, 0.5) is 0 Å². The third-order valence-corrected chi connectivity index (χ3v) is 14.7. The van der Waals surface area contributed by atoms with Gasteiger partial charge in [0.2, 0.25) is 6.79 Å². The summed E-state index contributed by atoms with van der Waals surface area (Å²) < 4.78 is 36.6. The quantitative estimate of drug-likeness (QED) is 0.105. The summed E-state index contributed by atoms with van der Waals surface area (Å²) in [5, 5.41) is 41.9. The molecular weight excluding hydrogens is 779 g/mol. The van der Waals surface area contributed by atoms with Gasteiger partial charge in [-0.1, -0.05) is 38.7 Å². The number of unbranched alkanes of at least 4 members (excludes halogenated alkanes) is 4. The largest absolute Gasteiger partial charge is 0.504 e. The van der Waals surface area contributed by atoms with Gasteiger partial charge in [0.1, 0.15) is 18.6 Å². The van der Waals surface area contributed by atoms with Crippen LogP contribution in [-0.4, -0.2) is 90.4 Å². The number of aryl methyl sites for hydroxylation is 1. The van der Waals surface area contributed by atoms with Crippen molar-refractivity contribution in [3.63, 3.8) is 0 Å². The average Bonchev–Trinajstić information content (AvgIpc) is 3.72.